The van der Waals surface area contributed by atoms with E-state index in [1.165, 1.54) is 18.2 Å². The quantitative estimate of drug-likeness (QED) is 0.808. The van der Waals surface area contributed by atoms with Crippen molar-refractivity contribution in [2.24, 2.45) is 0 Å². The number of ether oxygens (including phenoxy) is 2. The molecule has 5 nitrogen and oxygen atoms in total. The lowest BCUT2D eigenvalue weighted by Gasteiger charge is -2.26. The molecule has 21 heavy (non-hydrogen) atoms. The Labute approximate surface area is 122 Å². The predicted octanol–water partition coefficient (Wildman–Crippen LogP) is 1.63. The average Bonchev–Trinajstić information content (AvgIpc) is 2.48. The van der Waals surface area contributed by atoms with Crippen LogP contribution in [0, 0.1) is 5.82 Å². The minimum absolute atomic E-state index is 0.177. The highest BCUT2D eigenvalue weighted by molar-refractivity contribution is 5.85. The number of nitrogens with zero attached hydrogens (tertiary/aromatic N) is 1. The molecule has 0 aromatic heterocycles. The molecule has 0 bridgehead atoms. The lowest BCUT2D eigenvalue weighted by Crippen LogP contribution is -2.38. The Balaban J connectivity index is 1.84. The minimum atomic E-state index is -1.07. The van der Waals surface area contributed by atoms with E-state index in [4.69, 9.17) is 14.6 Å². The van der Waals surface area contributed by atoms with Crippen molar-refractivity contribution < 1.29 is 23.8 Å². The summed E-state index contributed by atoms with van der Waals surface area (Å²) < 4.78 is 24.5. The lowest BCUT2D eigenvalue weighted by molar-refractivity contribution is -0.131. The van der Waals surface area contributed by atoms with Crippen LogP contribution in [0.3, 0.4) is 0 Å². The minimum Gasteiger partial charge on any atom is -0.489 e. The van der Waals surface area contributed by atoms with Gasteiger partial charge in [-0.05, 0) is 23.8 Å². The van der Waals surface area contributed by atoms with Crippen LogP contribution in [0.15, 0.2) is 24.3 Å². The van der Waals surface area contributed by atoms with Crippen molar-refractivity contribution in [1.29, 1.82) is 0 Å². The van der Waals surface area contributed by atoms with E-state index in [1.54, 1.807) is 6.07 Å². The van der Waals surface area contributed by atoms with E-state index < -0.39 is 11.8 Å². The maximum Gasteiger partial charge on any atom is 0.328 e. The molecule has 0 spiro atoms. The summed E-state index contributed by atoms with van der Waals surface area (Å²) in [6.45, 7) is 4.30. The molecule has 1 saturated heterocycles. The number of carboxylic acids is 1. The Kier molecular flexibility index (Phi) is 5.71. The standard InChI is InChI=1S/C15H18FNO4/c16-13-11-12(2-4-15(18)19)1-3-14(13)21-10-7-17-5-8-20-9-6-17/h1-4,11H,5-10H2,(H,18,19)/b4-2+. The first kappa shape index (κ1) is 15.5. The number of carboxylic acid groups (broad SMARTS) is 1. The molecule has 1 fully saturated rings. The van der Waals surface area contributed by atoms with Gasteiger partial charge in [0.05, 0.1) is 13.2 Å². The smallest absolute Gasteiger partial charge is 0.328 e. The van der Waals surface area contributed by atoms with Gasteiger partial charge in [-0.1, -0.05) is 6.07 Å². The van der Waals surface area contributed by atoms with E-state index in [2.05, 4.69) is 4.90 Å². The van der Waals surface area contributed by atoms with Crippen molar-refractivity contribution in [2.75, 3.05) is 39.5 Å². The van der Waals surface area contributed by atoms with Gasteiger partial charge in [0.2, 0.25) is 0 Å². The average molecular weight is 295 g/mol. The molecule has 2 rings (SSSR count). The Morgan fingerprint density at radius 1 is 1.43 bits per heavy atom. The molecule has 1 aromatic carbocycles. The van der Waals surface area contributed by atoms with Crippen LogP contribution in [0.5, 0.6) is 5.75 Å². The first-order chi connectivity index (χ1) is 10.1. The van der Waals surface area contributed by atoms with Crippen molar-refractivity contribution >= 4 is 12.0 Å². The third-order valence-electron chi connectivity index (χ3n) is 3.14. The normalized spacial score (nSPS) is 16.2. The number of morpholine rings is 1. The molecular formula is C15H18FNO4. The van der Waals surface area contributed by atoms with Gasteiger partial charge in [-0.3, -0.25) is 4.90 Å². The Morgan fingerprint density at radius 3 is 2.86 bits per heavy atom. The highest BCUT2D eigenvalue weighted by Gasteiger charge is 2.10. The fraction of sp³-hybridized carbons (Fsp3) is 0.400. The molecule has 114 valence electrons. The van der Waals surface area contributed by atoms with E-state index in [0.29, 0.717) is 12.2 Å². The third-order valence-corrected chi connectivity index (χ3v) is 3.14. The fourth-order valence-electron chi connectivity index (χ4n) is 2.01. The van der Waals surface area contributed by atoms with Crippen molar-refractivity contribution in [3.63, 3.8) is 0 Å². The van der Waals surface area contributed by atoms with Crippen molar-refractivity contribution in [2.45, 2.75) is 0 Å². The number of rotatable bonds is 6. The summed E-state index contributed by atoms with van der Waals surface area (Å²) in [5.41, 5.74) is 0.482. The largest absolute Gasteiger partial charge is 0.489 e. The maximum absolute atomic E-state index is 13.8. The van der Waals surface area contributed by atoms with Crippen LogP contribution in [-0.4, -0.2) is 55.4 Å². The predicted molar refractivity (Wildman–Crippen MR) is 75.8 cm³/mol. The van der Waals surface area contributed by atoms with Gasteiger partial charge in [0, 0.05) is 25.7 Å². The topological polar surface area (TPSA) is 59.0 Å². The monoisotopic (exact) mass is 295 g/mol. The summed E-state index contributed by atoms with van der Waals surface area (Å²) in [6, 6.07) is 4.38. The molecule has 1 aliphatic heterocycles. The van der Waals surface area contributed by atoms with Gasteiger partial charge in [-0.2, -0.15) is 0 Å². The molecule has 0 unspecified atom stereocenters. The van der Waals surface area contributed by atoms with E-state index in [0.717, 1.165) is 38.9 Å². The lowest BCUT2D eigenvalue weighted by atomic mass is 10.2. The van der Waals surface area contributed by atoms with E-state index >= 15 is 0 Å². The van der Waals surface area contributed by atoms with Crippen molar-refractivity contribution in [3.05, 3.63) is 35.7 Å². The Morgan fingerprint density at radius 2 is 2.19 bits per heavy atom. The first-order valence-corrected chi connectivity index (χ1v) is 6.78. The Bertz CT molecular complexity index is 512. The van der Waals surface area contributed by atoms with E-state index in [9.17, 15) is 9.18 Å². The summed E-state index contributed by atoms with van der Waals surface area (Å²) in [4.78, 5) is 12.6. The number of hydrogen-bond acceptors (Lipinski definition) is 4. The molecule has 0 atom stereocenters. The third kappa shape index (κ3) is 5.17. The van der Waals surface area contributed by atoms with Gasteiger partial charge in [-0.25, -0.2) is 9.18 Å². The van der Waals surface area contributed by atoms with Crippen LogP contribution >= 0.6 is 0 Å². The fourth-order valence-corrected chi connectivity index (χ4v) is 2.01. The molecule has 0 amide bonds. The van der Waals surface area contributed by atoms with Crippen LogP contribution < -0.4 is 4.74 Å². The molecule has 0 saturated carbocycles. The van der Waals surface area contributed by atoms with Gasteiger partial charge in [0.1, 0.15) is 6.61 Å². The van der Waals surface area contributed by atoms with Crippen LogP contribution in [0.4, 0.5) is 4.39 Å². The molecule has 1 heterocycles. The molecule has 6 heteroatoms. The van der Waals surface area contributed by atoms with Gasteiger partial charge < -0.3 is 14.6 Å². The second-order valence-electron chi connectivity index (χ2n) is 4.66. The number of carbonyl (C=O) groups is 1. The summed E-state index contributed by atoms with van der Waals surface area (Å²) in [5, 5.41) is 8.52. The summed E-state index contributed by atoms with van der Waals surface area (Å²) in [6.07, 6.45) is 2.30. The number of aliphatic carboxylic acids is 1. The second-order valence-corrected chi connectivity index (χ2v) is 4.66. The zero-order valence-electron chi connectivity index (χ0n) is 11.6. The summed E-state index contributed by atoms with van der Waals surface area (Å²) in [7, 11) is 0. The van der Waals surface area contributed by atoms with Crippen molar-refractivity contribution in [3.8, 4) is 5.75 Å². The van der Waals surface area contributed by atoms with Crippen LogP contribution in [-0.2, 0) is 9.53 Å². The van der Waals surface area contributed by atoms with Crippen LogP contribution in [0.2, 0.25) is 0 Å². The molecule has 0 radical (unpaired) electrons. The zero-order valence-corrected chi connectivity index (χ0v) is 11.6. The highest BCUT2D eigenvalue weighted by atomic mass is 19.1. The molecule has 0 aliphatic carbocycles. The van der Waals surface area contributed by atoms with Crippen LogP contribution in [0.25, 0.3) is 6.08 Å². The summed E-state index contributed by atoms with van der Waals surface area (Å²) in [5.74, 6) is -1.39. The van der Waals surface area contributed by atoms with E-state index in [-0.39, 0.29) is 5.75 Å². The molecule has 1 aromatic rings. The SMILES string of the molecule is O=C(O)/C=C/c1ccc(OCCN2CCOCC2)c(F)c1. The second kappa shape index (κ2) is 7.75. The summed E-state index contributed by atoms with van der Waals surface area (Å²) >= 11 is 0. The van der Waals surface area contributed by atoms with Crippen molar-refractivity contribution in [1.82, 2.24) is 4.90 Å². The zero-order chi connectivity index (χ0) is 15.1. The van der Waals surface area contributed by atoms with E-state index in [1.807, 2.05) is 0 Å². The van der Waals surface area contributed by atoms with Gasteiger partial charge >= 0.3 is 5.97 Å². The first-order valence-electron chi connectivity index (χ1n) is 6.78. The number of benzene rings is 1. The number of hydrogen-bond donors (Lipinski definition) is 1. The Hall–Kier alpha value is -1.92. The van der Waals surface area contributed by atoms with Gasteiger partial charge in [0.15, 0.2) is 11.6 Å². The molecule has 1 aliphatic rings. The molecular weight excluding hydrogens is 277 g/mol. The maximum atomic E-state index is 13.8. The van der Waals surface area contributed by atoms with Gasteiger partial charge in [-0.15, -0.1) is 0 Å². The van der Waals surface area contributed by atoms with Gasteiger partial charge in [0.25, 0.3) is 0 Å². The number of halogens is 1. The molecule has 1 N–H and O–H groups in total. The highest BCUT2D eigenvalue weighted by Crippen LogP contribution is 2.19. The van der Waals surface area contributed by atoms with Crippen LogP contribution in [0.1, 0.15) is 5.56 Å².